The van der Waals surface area contributed by atoms with Crippen molar-refractivity contribution in [1.29, 1.82) is 0 Å². The fourth-order valence-electron chi connectivity index (χ4n) is 2.50. The Labute approximate surface area is 98.0 Å². The standard InChI is InChI=1S/C14H21NO/c1-10-4-5-13-12(7-9-16-3)6-8-15-14(13)11(10)2/h4-5,12,15H,6-9H2,1-3H3. The van der Waals surface area contributed by atoms with Gasteiger partial charge in [-0.05, 0) is 49.3 Å². The lowest BCUT2D eigenvalue weighted by Crippen LogP contribution is -2.19. The second kappa shape index (κ2) is 4.88. The second-order valence-corrected chi connectivity index (χ2v) is 4.67. The number of hydrogen-bond donors (Lipinski definition) is 1. The summed E-state index contributed by atoms with van der Waals surface area (Å²) in [7, 11) is 1.78. The van der Waals surface area contributed by atoms with E-state index in [1.165, 1.54) is 28.8 Å². The Balaban J connectivity index is 2.28. The minimum atomic E-state index is 0.662. The lowest BCUT2D eigenvalue weighted by atomic mass is 9.86. The quantitative estimate of drug-likeness (QED) is 0.842. The SMILES string of the molecule is COCCC1CCNc2c1ccc(C)c2C. The van der Waals surface area contributed by atoms with Gasteiger partial charge in [0.15, 0.2) is 0 Å². The van der Waals surface area contributed by atoms with Crippen LogP contribution in [-0.4, -0.2) is 20.3 Å². The maximum absolute atomic E-state index is 5.19. The molecule has 1 unspecified atom stereocenters. The highest BCUT2D eigenvalue weighted by atomic mass is 16.5. The third-order valence-electron chi connectivity index (χ3n) is 3.67. The zero-order valence-electron chi connectivity index (χ0n) is 10.5. The van der Waals surface area contributed by atoms with Crippen molar-refractivity contribution in [1.82, 2.24) is 0 Å². The third-order valence-corrected chi connectivity index (χ3v) is 3.67. The number of rotatable bonds is 3. The Morgan fingerprint density at radius 2 is 2.19 bits per heavy atom. The molecule has 1 aromatic rings. The largest absolute Gasteiger partial charge is 0.385 e. The van der Waals surface area contributed by atoms with Crippen LogP contribution in [0.5, 0.6) is 0 Å². The molecule has 0 radical (unpaired) electrons. The summed E-state index contributed by atoms with van der Waals surface area (Å²) in [5.74, 6) is 0.662. The summed E-state index contributed by atoms with van der Waals surface area (Å²) in [5, 5.41) is 3.54. The minimum absolute atomic E-state index is 0.662. The van der Waals surface area contributed by atoms with E-state index >= 15 is 0 Å². The van der Waals surface area contributed by atoms with Gasteiger partial charge in [0, 0.05) is 25.9 Å². The summed E-state index contributed by atoms with van der Waals surface area (Å²) in [4.78, 5) is 0. The minimum Gasteiger partial charge on any atom is -0.385 e. The van der Waals surface area contributed by atoms with Crippen molar-refractivity contribution in [2.75, 3.05) is 25.6 Å². The van der Waals surface area contributed by atoms with Crippen molar-refractivity contribution < 1.29 is 4.74 Å². The van der Waals surface area contributed by atoms with Crippen molar-refractivity contribution in [3.8, 4) is 0 Å². The maximum Gasteiger partial charge on any atom is 0.0468 e. The molecule has 2 rings (SSSR count). The first-order valence-corrected chi connectivity index (χ1v) is 6.07. The van der Waals surface area contributed by atoms with E-state index in [0.717, 1.165) is 19.6 Å². The summed E-state index contributed by atoms with van der Waals surface area (Å²) in [6, 6.07) is 4.52. The number of anilines is 1. The fourth-order valence-corrected chi connectivity index (χ4v) is 2.50. The molecule has 1 aliphatic rings. The molecule has 88 valence electrons. The zero-order chi connectivity index (χ0) is 11.5. The van der Waals surface area contributed by atoms with Crippen LogP contribution in [0.2, 0.25) is 0 Å². The number of fused-ring (bicyclic) bond motifs is 1. The number of hydrogen-bond acceptors (Lipinski definition) is 2. The molecular formula is C14H21NO. The van der Waals surface area contributed by atoms with Crippen LogP contribution < -0.4 is 5.32 Å². The van der Waals surface area contributed by atoms with Crippen molar-refractivity contribution >= 4 is 5.69 Å². The van der Waals surface area contributed by atoms with Crippen LogP contribution in [-0.2, 0) is 4.74 Å². The van der Waals surface area contributed by atoms with Crippen molar-refractivity contribution in [2.24, 2.45) is 0 Å². The van der Waals surface area contributed by atoms with Gasteiger partial charge >= 0.3 is 0 Å². The molecule has 2 nitrogen and oxygen atoms in total. The van der Waals surface area contributed by atoms with Gasteiger partial charge in [0.1, 0.15) is 0 Å². The highest BCUT2D eigenvalue weighted by Crippen LogP contribution is 2.36. The zero-order valence-corrected chi connectivity index (χ0v) is 10.5. The first-order chi connectivity index (χ1) is 7.74. The predicted molar refractivity (Wildman–Crippen MR) is 68.3 cm³/mol. The Bertz CT molecular complexity index is 373. The normalized spacial score (nSPS) is 19.1. The Kier molecular flexibility index (Phi) is 3.49. The molecule has 0 amide bonds. The van der Waals surface area contributed by atoms with Gasteiger partial charge in [0.2, 0.25) is 0 Å². The van der Waals surface area contributed by atoms with Gasteiger partial charge < -0.3 is 10.1 Å². The highest BCUT2D eigenvalue weighted by molar-refractivity contribution is 5.62. The Hall–Kier alpha value is -1.02. The maximum atomic E-state index is 5.19. The van der Waals surface area contributed by atoms with E-state index in [2.05, 4.69) is 31.3 Å². The lowest BCUT2D eigenvalue weighted by Gasteiger charge is -2.28. The van der Waals surface area contributed by atoms with Gasteiger partial charge in [-0.15, -0.1) is 0 Å². The molecule has 1 aliphatic heterocycles. The predicted octanol–water partition coefficient (Wildman–Crippen LogP) is 3.24. The number of ether oxygens (including phenoxy) is 1. The first-order valence-electron chi connectivity index (χ1n) is 6.07. The Morgan fingerprint density at radius 3 is 2.94 bits per heavy atom. The molecule has 1 N–H and O–H groups in total. The fraction of sp³-hybridized carbons (Fsp3) is 0.571. The van der Waals surface area contributed by atoms with Gasteiger partial charge in [0.25, 0.3) is 0 Å². The van der Waals surface area contributed by atoms with E-state index in [0.29, 0.717) is 5.92 Å². The lowest BCUT2D eigenvalue weighted by molar-refractivity contribution is 0.186. The number of aryl methyl sites for hydroxylation is 1. The topological polar surface area (TPSA) is 21.3 Å². The van der Waals surface area contributed by atoms with Crippen LogP contribution in [0, 0.1) is 13.8 Å². The van der Waals surface area contributed by atoms with Gasteiger partial charge in [-0.1, -0.05) is 12.1 Å². The van der Waals surface area contributed by atoms with Crippen LogP contribution in [0.1, 0.15) is 35.4 Å². The van der Waals surface area contributed by atoms with Crippen LogP contribution in [0.25, 0.3) is 0 Å². The second-order valence-electron chi connectivity index (χ2n) is 4.67. The van der Waals surface area contributed by atoms with E-state index in [9.17, 15) is 0 Å². The molecule has 0 aromatic heterocycles. The smallest absolute Gasteiger partial charge is 0.0468 e. The molecule has 16 heavy (non-hydrogen) atoms. The molecule has 0 saturated heterocycles. The highest BCUT2D eigenvalue weighted by Gasteiger charge is 2.21. The molecular weight excluding hydrogens is 198 g/mol. The number of benzene rings is 1. The van der Waals surface area contributed by atoms with Crippen molar-refractivity contribution in [2.45, 2.75) is 32.6 Å². The number of methoxy groups -OCH3 is 1. The summed E-state index contributed by atoms with van der Waals surface area (Å²) in [5.41, 5.74) is 5.62. The summed E-state index contributed by atoms with van der Waals surface area (Å²) in [6.07, 6.45) is 2.35. The van der Waals surface area contributed by atoms with Crippen LogP contribution in [0.3, 0.4) is 0 Å². The molecule has 2 heteroatoms. The first kappa shape index (κ1) is 11.5. The molecule has 1 heterocycles. The molecule has 1 atom stereocenters. The van der Waals surface area contributed by atoms with Gasteiger partial charge in [0.05, 0.1) is 0 Å². The Morgan fingerprint density at radius 1 is 1.38 bits per heavy atom. The average molecular weight is 219 g/mol. The summed E-state index contributed by atoms with van der Waals surface area (Å²) < 4.78 is 5.19. The molecule has 0 fully saturated rings. The van der Waals surface area contributed by atoms with Crippen LogP contribution >= 0.6 is 0 Å². The van der Waals surface area contributed by atoms with E-state index in [1.807, 2.05) is 0 Å². The molecule has 0 spiro atoms. The molecule has 0 aliphatic carbocycles. The summed E-state index contributed by atoms with van der Waals surface area (Å²) >= 11 is 0. The van der Waals surface area contributed by atoms with E-state index < -0.39 is 0 Å². The van der Waals surface area contributed by atoms with Gasteiger partial charge in [-0.2, -0.15) is 0 Å². The van der Waals surface area contributed by atoms with Crippen molar-refractivity contribution in [3.63, 3.8) is 0 Å². The number of nitrogens with one attached hydrogen (secondary N) is 1. The average Bonchev–Trinajstić information content (AvgIpc) is 2.31. The van der Waals surface area contributed by atoms with Crippen LogP contribution in [0.4, 0.5) is 5.69 Å². The van der Waals surface area contributed by atoms with Gasteiger partial charge in [-0.25, -0.2) is 0 Å². The molecule has 0 bridgehead atoms. The molecule has 0 saturated carbocycles. The van der Waals surface area contributed by atoms with E-state index in [-0.39, 0.29) is 0 Å². The van der Waals surface area contributed by atoms with Gasteiger partial charge in [-0.3, -0.25) is 0 Å². The van der Waals surface area contributed by atoms with Crippen LogP contribution in [0.15, 0.2) is 12.1 Å². The van der Waals surface area contributed by atoms with E-state index in [4.69, 9.17) is 4.74 Å². The van der Waals surface area contributed by atoms with Crippen molar-refractivity contribution in [3.05, 3.63) is 28.8 Å². The summed E-state index contributed by atoms with van der Waals surface area (Å²) in [6.45, 7) is 6.33. The monoisotopic (exact) mass is 219 g/mol. The third kappa shape index (κ3) is 2.07. The molecule has 1 aromatic carbocycles. The van der Waals surface area contributed by atoms with E-state index in [1.54, 1.807) is 7.11 Å².